The van der Waals surface area contributed by atoms with E-state index in [-0.39, 0.29) is 29.2 Å². The van der Waals surface area contributed by atoms with Gasteiger partial charge >= 0.3 is 0 Å². The van der Waals surface area contributed by atoms with Crippen LogP contribution in [0.3, 0.4) is 0 Å². The number of anilines is 2. The van der Waals surface area contributed by atoms with Crippen molar-refractivity contribution in [3.8, 4) is 11.5 Å². The number of benzene rings is 2. The summed E-state index contributed by atoms with van der Waals surface area (Å²) < 4.78 is 29.4. The molecule has 0 saturated carbocycles. The van der Waals surface area contributed by atoms with Gasteiger partial charge in [-0.1, -0.05) is 41.3 Å². The Bertz CT molecular complexity index is 1130. The van der Waals surface area contributed by atoms with Gasteiger partial charge in [0.2, 0.25) is 11.0 Å². The lowest BCUT2D eigenvalue weighted by molar-refractivity contribution is -0.119. The van der Waals surface area contributed by atoms with Gasteiger partial charge in [-0.2, -0.15) is 0 Å². The molecule has 1 aromatic heterocycles. The molecule has 1 aliphatic rings. The van der Waals surface area contributed by atoms with Crippen molar-refractivity contribution in [2.24, 2.45) is 0 Å². The zero-order valence-corrected chi connectivity index (χ0v) is 18.8. The molecule has 3 aromatic rings. The van der Waals surface area contributed by atoms with E-state index >= 15 is 0 Å². The van der Waals surface area contributed by atoms with Gasteiger partial charge in [0, 0.05) is 11.7 Å². The van der Waals surface area contributed by atoms with Crippen LogP contribution in [0.25, 0.3) is 0 Å². The zero-order valence-electron chi connectivity index (χ0n) is 16.4. The maximum atomic E-state index is 12.0. The van der Waals surface area contributed by atoms with Crippen LogP contribution in [0.5, 0.6) is 11.5 Å². The minimum Gasteiger partial charge on any atom is -0.457 e. The molecule has 2 aromatic carbocycles. The zero-order chi connectivity index (χ0) is 21.7. The lowest BCUT2D eigenvalue weighted by atomic mass is 10.3. The van der Waals surface area contributed by atoms with E-state index in [9.17, 15) is 13.2 Å². The van der Waals surface area contributed by atoms with E-state index in [1.54, 1.807) is 0 Å². The molecule has 0 aliphatic carbocycles. The molecule has 31 heavy (non-hydrogen) atoms. The van der Waals surface area contributed by atoms with Crippen LogP contribution in [0.2, 0.25) is 0 Å². The third-order valence-corrected chi connectivity index (χ3v) is 8.16. The number of para-hydroxylation sites is 1. The molecule has 1 saturated heterocycles. The van der Waals surface area contributed by atoms with Crippen molar-refractivity contribution in [1.29, 1.82) is 0 Å². The highest BCUT2D eigenvalue weighted by molar-refractivity contribution is 8.01. The van der Waals surface area contributed by atoms with Crippen molar-refractivity contribution in [3.63, 3.8) is 0 Å². The second kappa shape index (κ2) is 9.67. The summed E-state index contributed by atoms with van der Waals surface area (Å²) in [5, 5.41) is 14.7. The summed E-state index contributed by atoms with van der Waals surface area (Å²) in [4.78, 5) is 12.0. The number of carbonyl (C=O) groups excluding carboxylic acids is 1. The van der Waals surface area contributed by atoms with Crippen molar-refractivity contribution >= 4 is 49.7 Å². The molecule has 1 amide bonds. The number of ether oxygens (including phenoxy) is 1. The number of hydrogen-bond donors (Lipinski definition) is 2. The summed E-state index contributed by atoms with van der Waals surface area (Å²) in [7, 11) is -3.01. The van der Waals surface area contributed by atoms with E-state index in [1.165, 1.54) is 23.1 Å². The summed E-state index contributed by atoms with van der Waals surface area (Å²) in [6, 6.07) is 16.7. The molecule has 0 bridgehead atoms. The topological polar surface area (TPSA) is 110 Å². The molecule has 2 N–H and O–H groups in total. The van der Waals surface area contributed by atoms with Gasteiger partial charge in [0.05, 0.1) is 17.3 Å². The predicted octanol–water partition coefficient (Wildman–Crippen LogP) is 3.47. The third-order valence-electron chi connectivity index (χ3n) is 4.42. The van der Waals surface area contributed by atoms with Gasteiger partial charge in [0.1, 0.15) is 11.5 Å². The highest BCUT2D eigenvalue weighted by Gasteiger charge is 2.28. The lowest BCUT2D eigenvalue weighted by Crippen LogP contribution is -2.36. The Balaban J connectivity index is 1.24. The van der Waals surface area contributed by atoms with Crippen LogP contribution in [-0.4, -0.2) is 47.8 Å². The number of nitrogens with one attached hydrogen (secondary N) is 2. The first kappa shape index (κ1) is 21.6. The molecule has 1 unspecified atom stereocenters. The SMILES string of the molecule is O=C(CSc1nnc(Nc2ccc(Oc3ccccc3)cc2)s1)NC1CCS(=O)(=O)C1. The molecule has 1 fully saturated rings. The Morgan fingerprint density at radius 1 is 1.10 bits per heavy atom. The summed E-state index contributed by atoms with van der Waals surface area (Å²) in [5.74, 6) is 1.61. The number of thioether (sulfide) groups is 1. The molecule has 0 spiro atoms. The first-order valence-electron chi connectivity index (χ1n) is 9.51. The molecule has 162 valence electrons. The van der Waals surface area contributed by atoms with Gasteiger partial charge in [-0.15, -0.1) is 10.2 Å². The van der Waals surface area contributed by atoms with Crippen LogP contribution in [0.15, 0.2) is 58.9 Å². The summed E-state index contributed by atoms with van der Waals surface area (Å²) in [6.45, 7) is 0. The quantitative estimate of drug-likeness (QED) is 0.476. The van der Waals surface area contributed by atoms with Gasteiger partial charge in [0.15, 0.2) is 14.2 Å². The van der Waals surface area contributed by atoms with Crippen molar-refractivity contribution in [2.75, 3.05) is 22.6 Å². The fourth-order valence-corrected chi connectivity index (χ4v) is 6.24. The maximum absolute atomic E-state index is 12.0. The molecular formula is C20H20N4O4S3. The number of aromatic nitrogens is 2. The molecule has 4 rings (SSSR count). The molecular weight excluding hydrogens is 456 g/mol. The van der Waals surface area contributed by atoms with Crippen molar-refractivity contribution < 1.29 is 17.9 Å². The smallest absolute Gasteiger partial charge is 0.230 e. The van der Waals surface area contributed by atoms with Gasteiger partial charge in [0.25, 0.3) is 0 Å². The van der Waals surface area contributed by atoms with E-state index in [1.807, 2.05) is 54.6 Å². The summed E-state index contributed by atoms with van der Waals surface area (Å²) in [6.07, 6.45) is 0.473. The highest BCUT2D eigenvalue weighted by atomic mass is 32.2. The monoisotopic (exact) mass is 476 g/mol. The standard InChI is InChI=1S/C20H20N4O4S3/c25-18(21-15-10-11-31(26,27)13-15)12-29-20-24-23-19(30-20)22-14-6-8-17(9-7-14)28-16-4-2-1-3-5-16/h1-9,15H,10-13H2,(H,21,25)(H,22,23). The predicted molar refractivity (Wildman–Crippen MR) is 122 cm³/mol. The molecule has 0 radical (unpaired) electrons. The Morgan fingerprint density at radius 2 is 1.84 bits per heavy atom. The fraction of sp³-hybridized carbons (Fsp3) is 0.250. The number of rotatable bonds is 8. The van der Waals surface area contributed by atoms with E-state index in [2.05, 4.69) is 20.8 Å². The van der Waals surface area contributed by atoms with Crippen LogP contribution in [-0.2, 0) is 14.6 Å². The average Bonchev–Trinajstić information content (AvgIpc) is 3.34. The first-order chi connectivity index (χ1) is 14.9. The Hall–Kier alpha value is -2.63. The number of nitrogens with zero attached hydrogens (tertiary/aromatic N) is 2. The van der Waals surface area contributed by atoms with Crippen LogP contribution >= 0.6 is 23.1 Å². The minimum atomic E-state index is -3.01. The van der Waals surface area contributed by atoms with Crippen LogP contribution in [0.4, 0.5) is 10.8 Å². The minimum absolute atomic E-state index is 0.0193. The highest BCUT2D eigenvalue weighted by Crippen LogP contribution is 2.29. The maximum Gasteiger partial charge on any atom is 0.230 e. The number of sulfone groups is 1. The molecule has 8 nitrogen and oxygen atoms in total. The first-order valence-corrected chi connectivity index (χ1v) is 13.1. The van der Waals surface area contributed by atoms with Gasteiger partial charge in [-0.05, 0) is 42.8 Å². The van der Waals surface area contributed by atoms with Gasteiger partial charge in [-0.3, -0.25) is 4.79 Å². The third kappa shape index (κ3) is 6.42. The lowest BCUT2D eigenvalue weighted by Gasteiger charge is -2.09. The van der Waals surface area contributed by atoms with Crippen molar-refractivity contribution in [3.05, 3.63) is 54.6 Å². The van der Waals surface area contributed by atoms with Crippen molar-refractivity contribution in [1.82, 2.24) is 15.5 Å². The average molecular weight is 477 g/mol. The number of hydrogen-bond acceptors (Lipinski definition) is 9. The Kier molecular flexibility index (Phi) is 6.73. The normalized spacial score (nSPS) is 17.2. The van der Waals surface area contributed by atoms with Crippen LogP contribution in [0, 0.1) is 0 Å². The Morgan fingerprint density at radius 3 is 2.55 bits per heavy atom. The molecule has 1 atom stereocenters. The Labute approximate surface area is 188 Å². The number of amides is 1. The molecule has 2 heterocycles. The number of carbonyl (C=O) groups is 1. The van der Waals surface area contributed by atoms with E-state index in [0.29, 0.717) is 15.9 Å². The van der Waals surface area contributed by atoms with Gasteiger partial charge < -0.3 is 15.4 Å². The van der Waals surface area contributed by atoms with Crippen LogP contribution < -0.4 is 15.4 Å². The van der Waals surface area contributed by atoms with E-state index < -0.39 is 9.84 Å². The summed E-state index contributed by atoms with van der Waals surface area (Å²) in [5.41, 5.74) is 0.841. The molecule has 11 heteroatoms. The largest absolute Gasteiger partial charge is 0.457 e. The summed E-state index contributed by atoms with van der Waals surface area (Å²) >= 11 is 2.61. The van der Waals surface area contributed by atoms with Crippen LogP contribution in [0.1, 0.15) is 6.42 Å². The van der Waals surface area contributed by atoms with Crippen molar-refractivity contribution in [2.45, 2.75) is 16.8 Å². The molecule has 1 aliphatic heterocycles. The van der Waals surface area contributed by atoms with E-state index in [0.717, 1.165) is 17.2 Å². The second-order valence-electron chi connectivity index (χ2n) is 6.89. The van der Waals surface area contributed by atoms with Gasteiger partial charge in [-0.25, -0.2) is 8.42 Å². The van der Waals surface area contributed by atoms with E-state index in [4.69, 9.17) is 4.74 Å². The second-order valence-corrected chi connectivity index (χ2v) is 11.3. The fourth-order valence-electron chi connectivity index (χ4n) is 2.98.